The lowest BCUT2D eigenvalue weighted by Gasteiger charge is -2.22. The number of anilines is 1. The number of likely N-dealkylation sites (tertiary alicyclic amines) is 1. The first kappa shape index (κ1) is 15.5. The molecule has 1 fully saturated rings. The zero-order valence-electron chi connectivity index (χ0n) is 12.6. The first-order valence-corrected chi connectivity index (χ1v) is 7.28. The maximum absolute atomic E-state index is 12.2. The van der Waals surface area contributed by atoms with Crippen molar-refractivity contribution in [1.82, 2.24) is 4.90 Å². The van der Waals surface area contributed by atoms with Gasteiger partial charge in [0.25, 0.3) is 0 Å². The number of benzene rings is 1. The molecular weight excluding hydrogens is 268 g/mol. The van der Waals surface area contributed by atoms with Crippen molar-refractivity contribution in [1.29, 1.82) is 0 Å². The Morgan fingerprint density at radius 3 is 2.86 bits per heavy atom. The van der Waals surface area contributed by atoms with Crippen molar-refractivity contribution in [2.24, 2.45) is 0 Å². The van der Waals surface area contributed by atoms with Crippen molar-refractivity contribution >= 4 is 17.6 Å². The van der Waals surface area contributed by atoms with E-state index in [-0.39, 0.29) is 24.9 Å². The van der Waals surface area contributed by atoms with Gasteiger partial charge in [-0.05, 0) is 50.4 Å². The maximum Gasteiger partial charge on any atom is 0.304 e. The molecule has 1 unspecified atom stereocenters. The molecule has 0 saturated carbocycles. The highest BCUT2D eigenvalue weighted by molar-refractivity contribution is 5.93. The van der Waals surface area contributed by atoms with Gasteiger partial charge in [0.1, 0.15) is 0 Å². The first-order chi connectivity index (χ1) is 9.95. The predicted molar refractivity (Wildman–Crippen MR) is 81.4 cm³/mol. The van der Waals surface area contributed by atoms with Crippen LogP contribution in [0.1, 0.15) is 30.4 Å². The molecule has 1 saturated heterocycles. The van der Waals surface area contributed by atoms with Crippen molar-refractivity contribution in [3.8, 4) is 0 Å². The Hall–Kier alpha value is -1.88. The summed E-state index contributed by atoms with van der Waals surface area (Å²) < 4.78 is 0. The van der Waals surface area contributed by atoms with E-state index >= 15 is 0 Å². The van der Waals surface area contributed by atoms with Gasteiger partial charge >= 0.3 is 5.97 Å². The van der Waals surface area contributed by atoms with Crippen LogP contribution in [0.25, 0.3) is 0 Å². The fourth-order valence-corrected chi connectivity index (χ4v) is 2.78. The van der Waals surface area contributed by atoms with Crippen LogP contribution in [0, 0.1) is 13.8 Å². The third kappa shape index (κ3) is 4.29. The van der Waals surface area contributed by atoms with Crippen LogP contribution >= 0.6 is 0 Å². The average molecular weight is 290 g/mol. The van der Waals surface area contributed by atoms with Gasteiger partial charge in [0.05, 0.1) is 13.0 Å². The number of amides is 1. The van der Waals surface area contributed by atoms with Crippen LogP contribution in [0.15, 0.2) is 18.2 Å². The van der Waals surface area contributed by atoms with Crippen LogP contribution in [-0.2, 0) is 9.59 Å². The van der Waals surface area contributed by atoms with Crippen molar-refractivity contribution in [3.05, 3.63) is 29.3 Å². The standard InChI is InChI=1S/C16H22N2O3/c1-11-5-6-12(2)14(8-11)17-15(19)10-18-7-3-4-13(18)9-16(20)21/h5-6,8,13H,3-4,7,9-10H2,1-2H3,(H,17,19)(H,20,21). The number of carboxylic acids is 1. The second-order valence-electron chi connectivity index (χ2n) is 5.73. The molecule has 1 aliphatic rings. The van der Waals surface area contributed by atoms with Gasteiger partial charge in [-0.3, -0.25) is 14.5 Å². The molecule has 5 nitrogen and oxygen atoms in total. The van der Waals surface area contributed by atoms with Crippen molar-refractivity contribution in [2.75, 3.05) is 18.4 Å². The van der Waals surface area contributed by atoms with Gasteiger partial charge in [0.15, 0.2) is 0 Å². The summed E-state index contributed by atoms with van der Waals surface area (Å²) in [4.78, 5) is 25.0. The Balaban J connectivity index is 1.95. The van der Waals surface area contributed by atoms with Crippen molar-refractivity contribution in [3.63, 3.8) is 0 Å². The minimum atomic E-state index is -0.804. The average Bonchev–Trinajstić information content (AvgIpc) is 2.80. The number of carbonyl (C=O) groups excluding carboxylic acids is 1. The van der Waals surface area contributed by atoms with Crippen molar-refractivity contribution < 1.29 is 14.7 Å². The molecule has 114 valence electrons. The van der Waals surface area contributed by atoms with E-state index in [1.807, 2.05) is 36.9 Å². The number of nitrogens with zero attached hydrogens (tertiary/aromatic N) is 1. The number of aliphatic carboxylic acids is 1. The number of hydrogen-bond acceptors (Lipinski definition) is 3. The fraction of sp³-hybridized carbons (Fsp3) is 0.500. The summed E-state index contributed by atoms with van der Waals surface area (Å²) in [7, 11) is 0. The van der Waals surface area contributed by atoms with E-state index in [2.05, 4.69) is 5.32 Å². The normalized spacial score (nSPS) is 18.7. The molecule has 1 heterocycles. The monoisotopic (exact) mass is 290 g/mol. The van der Waals surface area contributed by atoms with Crippen LogP contribution in [-0.4, -0.2) is 41.0 Å². The quantitative estimate of drug-likeness (QED) is 0.872. The molecular formula is C16H22N2O3. The molecule has 0 radical (unpaired) electrons. The predicted octanol–water partition coefficient (Wildman–Crippen LogP) is 2.18. The van der Waals surface area contributed by atoms with Gasteiger partial charge in [0.2, 0.25) is 5.91 Å². The van der Waals surface area contributed by atoms with E-state index < -0.39 is 5.97 Å². The smallest absolute Gasteiger partial charge is 0.304 e. The Morgan fingerprint density at radius 1 is 1.38 bits per heavy atom. The maximum atomic E-state index is 12.2. The lowest BCUT2D eigenvalue weighted by Crippen LogP contribution is -2.37. The third-order valence-corrected chi connectivity index (χ3v) is 3.92. The van der Waals surface area contributed by atoms with Crippen LogP contribution in [0.3, 0.4) is 0 Å². The topological polar surface area (TPSA) is 69.6 Å². The molecule has 21 heavy (non-hydrogen) atoms. The first-order valence-electron chi connectivity index (χ1n) is 7.28. The van der Waals surface area contributed by atoms with E-state index in [0.717, 1.165) is 36.2 Å². The summed E-state index contributed by atoms with van der Waals surface area (Å²) in [6.45, 7) is 4.99. The molecule has 2 rings (SSSR count). The molecule has 1 aliphatic heterocycles. The summed E-state index contributed by atoms with van der Waals surface area (Å²) in [6.07, 6.45) is 1.91. The number of carboxylic acid groups (broad SMARTS) is 1. The Labute approximate surface area is 125 Å². The number of nitrogens with one attached hydrogen (secondary N) is 1. The fourth-order valence-electron chi connectivity index (χ4n) is 2.78. The number of rotatable bonds is 5. The highest BCUT2D eigenvalue weighted by atomic mass is 16.4. The van der Waals surface area contributed by atoms with Crippen LogP contribution in [0.4, 0.5) is 5.69 Å². The van der Waals surface area contributed by atoms with E-state index in [1.165, 1.54) is 0 Å². The Bertz CT molecular complexity index is 542. The summed E-state index contributed by atoms with van der Waals surface area (Å²) in [5.74, 6) is -0.886. The minimum absolute atomic E-state index is 0.0214. The van der Waals surface area contributed by atoms with Crippen LogP contribution in [0.5, 0.6) is 0 Å². The highest BCUT2D eigenvalue weighted by Crippen LogP contribution is 2.21. The molecule has 1 aromatic rings. The summed E-state index contributed by atoms with van der Waals surface area (Å²) in [5, 5.41) is 11.8. The number of hydrogen-bond donors (Lipinski definition) is 2. The van der Waals surface area contributed by atoms with Gasteiger partial charge in [0, 0.05) is 11.7 Å². The van der Waals surface area contributed by atoms with E-state index in [1.54, 1.807) is 0 Å². The van der Waals surface area contributed by atoms with Crippen molar-refractivity contribution in [2.45, 2.75) is 39.2 Å². The molecule has 5 heteroatoms. The van der Waals surface area contributed by atoms with E-state index in [4.69, 9.17) is 5.11 Å². The second kappa shape index (κ2) is 6.72. The molecule has 0 bridgehead atoms. The molecule has 1 amide bonds. The van der Waals surface area contributed by atoms with E-state index in [9.17, 15) is 9.59 Å². The zero-order chi connectivity index (χ0) is 15.4. The van der Waals surface area contributed by atoms with Gasteiger partial charge in [-0.1, -0.05) is 12.1 Å². The van der Waals surface area contributed by atoms with Gasteiger partial charge in [-0.15, -0.1) is 0 Å². The van der Waals surface area contributed by atoms with Gasteiger partial charge in [-0.2, -0.15) is 0 Å². The lowest BCUT2D eigenvalue weighted by molar-refractivity contribution is -0.138. The van der Waals surface area contributed by atoms with Crippen LogP contribution in [0.2, 0.25) is 0 Å². The zero-order valence-corrected chi connectivity index (χ0v) is 12.6. The number of aryl methyl sites for hydroxylation is 2. The summed E-state index contributed by atoms with van der Waals surface area (Å²) in [6, 6.07) is 5.92. The van der Waals surface area contributed by atoms with Crippen LogP contribution < -0.4 is 5.32 Å². The summed E-state index contributed by atoms with van der Waals surface area (Å²) >= 11 is 0. The molecule has 1 aromatic carbocycles. The van der Waals surface area contributed by atoms with Gasteiger partial charge in [-0.25, -0.2) is 0 Å². The SMILES string of the molecule is Cc1ccc(C)c(NC(=O)CN2CCCC2CC(=O)O)c1. The number of carbonyl (C=O) groups is 2. The molecule has 0 spiro atoms. The molecule has 1 atom stereocenters. The highest BCUT2D eigenvalue weighted by Gasteiger charge is 2.28. The lowest BCUT2D eigenvalue weighted by atomic mass is 10.1. The Morgan fingerprint density at radius 2 is 2.14 bits per heavy atom. The second-order valence-corrected chi connectivity index (χ2v) is 5.73. The Kier molecular flexibility index (Phi) is 4.96. The molecule has 2 N–H and O–H groups in total. The largest absolute Gasteiger partial charge is 0.481 e. The van der Waals surface area contributed by atoms with Gasteiger partial charge < -0.3 is 10.4 Å². The third-order valence-electron chi connectivity index (χ3n) is 3.92. The summed E-state index contributed by atoms with van der Waals surface area (Å²) in [5.41, 5.74) is 2.95. The van der Waals surface area contributed by atoms with E-state index in [0.29, 0.717) is 0 Å². The molecule has 0 aromatic heterocycles. The minimum Gasteiger partial charge on any atom is -0.481 e. The molecule has 0 aliphatic carbocycles.